The second-order valence-electron chi connectivity index (χ2n) is 3.69. The molecule has 0 amide bonds. The highest BCUT2D eigenvalue weighted by Gasteiger charge is 2.41. The summed E-state index contributed by atoms with van der Waals surface area (Å²) < 4.78 is 0. The standard InChI is InChI=1S/C9H14O4/c10-7(11)3-6-9(8(12)13)4-1-2-5-9/h1-6H2,(H,10,11)(H,12,13). The van der Waals surface area contributed by atoms with Gasteiger partial charge in [-0.15, -0.1) is 0 Å². The Kier molecular flexibility index (Phi) is 2.90. The van der Waals surface area contributed by atoms with Crippen molar-refractivity contribution in [2.45, 2.75) is 38.5 Å². The Morgan fingerprint density at radius 3 is 2.08 bits per heavy atom. The third-order valence-electron chi connectivity index (χ3n) is 2.83. The van der Waals surface area contributed by atoms with Gasteiger partial charge in [-0.3, -0.25) is 9.59 Å². The van der Waals surface area contributed by atoms with Crippen LogP contribution in [0.25, 0.3) is 0 Å². The summed E-state index contributed by atoms with van der Waals surface area (Å²) in [5, 5.41) is 17.5. The fourth-order valence-corrected chi connectivity index (χ4v) is 1.97. The lowest BCUT2D eigenvalue weighted by molar-refractivity contribution is -0.150. The fourth-order valence-electron chi connectivity index (χ4n) is 1.97. The highest BCUT2D eigenvalue weighted by atomic mass is 16.4. The molecule has 1 rings (SSSR count). The third-order valence-corrected chi connectivity index (χ3v) is 2.83. The Labute approximate surface area is 76.6 Å². The highest BCUT2D eigenvalue weighted by Crippen LogP contribution is 2.42. The monoisotopic (exact) mass is 186 g/mol. The van der Waals surface area contributed by atoms with Crippen LogP contribution < -0.4 is 0 Å². The molecule has 0 aromatic heterocycles. The molecule has 0 radical (unpaired) electrons. The lowest BCUT2D eigenvalue weighted by Gasteiger charge is -2.22. The fraction of sp³-hybridized carbons (Fsp3) is 0.778. The van der Waals surface area contributed by atoms with Gasteiger partial charge in [0.25, 0.3) is 0 Å². The molecule has 0 aliphatic heterocycles. The number of rotatable bonds is 4. The number of carboxylic acids is 2. The molecule has 0 spiro atoms. The molecule has 0 heterocycles. The molecule has 13 heavy (non-hydrogen) atoms. The molecule has 0 aromatic carbocycles. The zero-order valence-electron chi connectivity index (χ0n) is 7.45. The number of hydrogen-bond donors (Lipinski definition) is 2. The lowest BCUT2D eigenvalue weighted by Crippen LogP contribution is -2.28. The Morgan fingerprint density at radius 1 is 1.15 bits per heavy atom. The molecule has 74 valence electrons. The van der Waals surface area contributed by atoms with Crippen molar-refractivity contribution in [3.63, 3.8) is 0 Å². The number of carboxylic acid groups (broad SMARTS) is 2. The van der Waals surface area contributed by atoms with E-state index in [1.807, 2.05) is 0 Å². The average molecular weight is 186 g/mol. The van der Waals surface area contributed by atoms with Crippen molar-refractivity contribution in [3.8, 4) is 0 Å². The van der Waals surface area contributed by atoms with Gasteiger partial charge in [0.15, 0.2) is 0 Å². The van der Waals surface area contributed by atoms with Crippen molar-refractivity contribution in [1.82, 2.24) is 0 Å². The van der Waals surface area contributed by atoms with Gasteiger partial charge in [0, 0.05) is 6.42 Å². The van der Waals surface area contributed by atoms with Crippen LogP contribution in [-0.2, 0) is 9.59 Å². The van der Waals surface area contributed by atoms with E-state index in [0.717, 1.165) is 12.8 Å². The van der Waals surface area contributed by atoms with Gasteiger partial charge < -0.3 is 10.2 Å². The van der Waals surface area contributed by atoms with Gasteiger partial charge in [0.2, 0.25) is 0 Å². The summed E-state index contributed by atoms with van der Waals surface area (Å²) in [5.74, 6) is -1.74. The molecule has 2 N–H and O–H groups in total. The zero-order valence-corrected chi connectivity index (χ0v) is 7.45. The largest absolute Gasteiger partial charge is 0.481 e. The van der Waals surface area contributed by atoms with Gasteiger partial charge in [-0.1, -0.05) is 12.8 Å². The summed E-state index contributed by atoms with van der Waals surface area (Å²) in [4.78, 5) is 21.3. The summed E-state index contributed by atoms with van der Waals surface area (Å²) in [6, 6.07) is 0. The van der Waals surface area contributed by atoms with E-state index in [-0.39, 0.29) is 12.8 Å². The van der Waals surface area contributed by atoms with Crippen molar-refractivity contribution in [2.75, 3.05) is 0 Å². The van der Waals surface area contributed by atoms with E-state index in [1.165, 1.54) is 0 Å². The molecular weight excluding hydrogens is 172 g/mol. The third kappa shape index (κ3) is 2.20. The highest BCUT2D eigenvalue weighted by molar-refractivity contribution is 5.76. The Morgan fingerprint density at radius 2 is 1.69 bits per heavy atom. The maximum atomic E-state index is 10.9. The summed E-state index contributed by atoms with van der Waals surface area (Å²) in [5.41, 5.74) is -0.738. The maximum Gasteiger partial charge on any atom is 0.309 e. The Hall–Kier alpha value is -1.06. The maximum absolute atomic E-state index is 10.9. The molecule has 4 nitrogen and oxygen atoms in total. The quantitative estimate of drug-likeness (QED) is 0.697. The molecule has 0 bridgehead atoms. The van der Waals surface area contributed by atoms with E-state index in [4.69, 9.17) is 10.2 Å². The normalized spacial score (nSPS) is 20.0. The van der Waals surface area contributed by atoms with Gasteiger partial charge in [0.05, 0.1) is 5.41 Å². The van der Waals surface area contributed by atoms with Crippen LogP contribution in [-0.4, -0.2) is 22.2 Å². The van der Waals surface area contributed by atoms with E-state index in [1.54, 1.807) is 0 Å². The van der Waals surface area contributed by atoms with Crippen molar-refractivity contribution in [2.24, 2.45) is 5.41 Å². The number of hydrogen-bond acceptors (Lipinski definition) is 2. The second-order valence-corrected chi connectivity index (χ2v) is 3.69. The first-order valence-electron chi connectivity index (χ1n) is 4.52. The summed E-state index contributed by atoms with van der Waals surface area (Å²) in [7, 11) is 0. The summed E-state index contributed by atoms with van der Waals surface area (Å²) in [6.45, 7) is 0. The van der Waals surface area contributed by atoms with E-state index < -0.39 is 17.4 Å². The lowest BCUT2D eigenvalue weighted by atomic mass is 9.82. The molecule has 0 aromatic rings. The van der Waals surface area contributed by atoms with E-state index in [2.05, 4.69) is 0 Å². The van der Waals surface area contributed by atoms with Crippen molar-refractivity contribution in [1.29, 1.82) is 0 Å². The van der Waals surface area contributed by atoms with Crippen LogP contribution in [0, 0.1) is 5.41 Å². The van der Waals surface area contributed by atoms with Gasteiger partial charge in [-0.25, -0.2) is 0 Å². The minimum atomic E-state index is -0.910. The zero-order chi connectivity index (χ0) is 9.90. The second kappa shape index (κ2) is 3.77. The minimum absolute atomic E-state index is 0.0354. The topological polar surface area (TPSA) is 74.6 Å². The first kappa shape index (κ1) is 10.0. The Balaban J connectivity index is 2.57. The predicted octanol–water partition coefficient (Wildman–Crippen LogP) is 1.50. The molecule has 1 aliphatic rings. The summed E-state index contributed by atoms with van der Waals surface area (Å²) >= 11 is 0. The van der Waals surface area contributed by atoms with Crippen LogP contribution in [0.1, 0.15) is 38.5 Å². The van der Waals surface area contributed by atoms with E-state index >= 15 is 0 Å². The van der Waals surface area contributed by atoms with E-state index in [0.29, 0.717) is 12.8 Å². The molecule has 1 aliphatic carbocycles. The van der Waals surface area contributed by atoms with Crippen LogP contribution in [0.5, 0.6) is 0 Å². The number of carbonyl (C=O) groups is 2. The van der Waals surface area contributed by atoms with Crippen molar-refractivity contribution in [3.05, 3.63) is 0 Å². The molecule has 1 saturated carbocycles. The van der Waals surface area contributed by atoms with Crippen LogP contribution in [0.15, 0.2) is 0 Å². The first-order chi connectivity index (χ1) is 6.07. The van der Waals surface area contributed by atoms with Crippen LogP contribution in [0.4, 0.5) is 0 Å². The molecule has 0 unspecified atom stereocenters. The van der Waals surface area contributed by atoms with Crippen molar-refractivity contribution < 1.29 is 19.8 Å². The predicted molar refractivity (Wildman–Crippen MR) is 45.4 cm³/mol. The first-order valence-corrected chi connectivity index (χ1v) is 4.52. The van der Waals surface area contributed by atoms with Gasteiger partial charge >= 0.3 is 11.9 Å². The van der Waals surface area contributed by atoms with Gasteiger partial charge in [0.1, 0.15) is 0 Å². The smallest absolute Gasteiger partial charge is 0.309 e. The molecule has 1 fully saturated rings. The molecular formula is C9H14O4. The van der Waals surface area contributed by atoms with E-state index in [9.17, 15) is 9.59 Å². The van der Waals surface area contributed by atoms with Crippen LogP contribution in [0.2, 0.25) is 0 Å². The molecule has 4 heteroatoms. The number of aliphatic carboxylic acids is 2. The minimum Gasteiger partial charge on any atom is -0.481 e. The van der Waals surface area contributed by atoms with Crippen LogP contribution in [0.3, 0.4) is 0 Å². The summed E-state index contributed by atoms with van der Waals surface area (Å²) in [6.07, 6.45) is 3.33. The molecule has 0 atom stereocenters. The molecule has 0 saturated heterocycles. The van der Waals surface area contributed by atoms with Crippen molar-refractivity contribution >= 4 is 11.9 Å². The average Bonchev–Trinajstić information content (AvgIpc) is 2.50. The van der Waals surface area contributed by atoms with Gasteiger partial charge in [-0.05, 0) is 19.3 Å². The SMILES string of the molecule is O=C(O)CCC1(C(=O)O)CCCC1. The van der Waals surface area contributed by atoms with Gasteiger partial charge in [-0.2, -0.15) is 0 Å². The Bertz CT molecular complexity index is 216. The van der Waals surface area contributed by atoms with Crippen LogP contribution >= 0.6 is 0 Å².